The Hall–Kier alpha value is -3.48. The van der Waals surface area contributed by atoms with Crippen LogP contribution in [0.15, 0.2) is 30.5 Å². The number of hydrogen-bond acceptors (Lipinski definition) is 6. The number of urea groups is 1. The molecule has 2 aliphatic heterocycles. The number of amides is 3. The van der Waals surface area contributed by atoms with Crippen molar-refractivity contribution in [2.45, 2.75) is 32.0 Å². The number of aryl methyl sites for hydroxylation is 1. The van der Waals surface area contributed by atoms with Crippen molar-refractivity contribution in [1.82, 2.24) is 15.2 Å². The maximum Gasteiger partial charge on any atom is 0.319 e. The molecule has 0 saturated carbocycles. The van der Waals surface area contributed by atoms with Gasteiger partial charge in [-0.05, 0) is 49.1 Å². The van der Waals surface area contributed by atoms with Crippen molar-refractivity contribution in [1.29, 1.82) is 5.26 Å². The molecular formula is C24H27N5O4. The van der Waals surface area contributed by atoms with Gasteiger partial charge in [0.25, 0.3) is 5.91 Å². The molecule has 4 rings (SSSR count). The van der Waals surface area contributed by atoms with Crippen LogP contribution in [0.2, 0.25) is 0 Å². The minimum Gasteiger partial charge on any atom is -0.383 e. The number of piperidine rings is 1. The molecule has 2 aromatic rings. The van der Waals surface area contributed by atoms with E-state index in [9.17, 15) is 9.59 Å². The van der Waals surface area contributed by atoms with Crippen molar-refractivity contribution in [2.24, 2.45) is 0 Å². The van der Waals surface area contributed by atoms with Crippen molar-refractivity contribution in [3.63, 3.8) is 0 Å². The number of anilines is 1. The first-order chi connectivity index (χ1) is 16.0. The molecule has 9 nitrogen and oxygen atoms in total. The highest BCUT2D eigenvalue weighted by atomic mass is 16.5. The molecule has 0 unspecified atom stereocenters. The maximum atomic E-state index is 13.2. The summed E-state index contributed by atoms with van der Waals surface area (Å²) in [7, 11) is 1.56. The van der Waals surface area contributed by atoms with Crippen LogP contribution < -0.4 is 10.6 Å². The van der Waals surface area contributed by atoms with Gasteiger partial charge in [0.1, 0.15) is 0 Å². The van der Waals surface area contributed by atoms with Gasteiger partial charge in [-0.2, -0.15) is 5.26 Å². The molecular weight excluding hydrogens is 422 g/mol. The molecule has 172 valence electrons. The second kappa shape index (κ2) is 9.57. The van der Waals surface area contributed by atoms with Crippen LogP contribution in [0.1, 0.15) is 45.6 Å². The van der Waals surface area contributed by atoms with Crippen LogP contribution in [0.4, 0.5) is 10.5 Å². The first kappa shape index (κ1) is 22.7. The summed E-state index contributed by atoms with van der Waals surface area (Å²) in [5.74, 6) is -0.127. The molecule has 2 N–H and O–H groups in total. The Kier molecular flexibility index (Phi) is 6.58. The zero-order valence-electron chi connectivity index (χ0n) is 18.8. The summed E-state index contributed by atoms with van der Waals surface area (Å²) in [5, 5.41) is 14.6. The molecule has 9 heteroatoms. The second-order valence-corrected chi connectivity index (χ2v) is 8.29. The summed E-state index contributed by atoms with van der Waals surface area (Å²) in [5.41, 5.74) is 3.94. The van der Waals surface area contributed by atoms with Gasteiger partial charge in [0.2, 0.25) is 0 Å². The standard InChI is InChI=1S/C24H27N5O4/c1-16-21(28-23(31)26-7-10-32-2)12-18(14-27-16)22(30)29-8-5-24(6-9-29)20-4-3-17(13-25)11-19(20)15-33-24/h3-4,11-12,14H,5-10,15H2,1-2H3,(H2,26,28,31). The first-order valence-corrected chi connectivity index (χ1v) is 10.9. The van der Waals surface area contributed by atoms with Crippen LogP contribution in [-0.4, -0.2) is 55.2 Å². The van der Waals surface area contributed by atoms with Crippen molar-refractivity contribution >= 4 is 17.6 Å². The molecule has 1 aromatic heterocycles. The highest BCUT2D eigenvalue weighted by Gasteiger charge is 2.43. The Balaban J connectivity index is 1.42. The highest BCUT2D eigenvalue weighted by Crippen LogP contribution is 2.44. The van der Waals surface area contributed by atoms with E-state index in [4.69, 9.17) is 14.7 Å². The number of hydrogen-bond donors (Lipinski definition) is 2. The van der Waals surface area contributed by atoms with E-state index in [-0.39, 0.29) is 11.9 Å². The van der Waals surface area contributed by atoms with Gasteiger partial charge in [-0.3, -0.25) is 9.78 Å². The fraction of sp³-hybridized carbons (Fsp3) is 0.417. The van der Waals surface area contributed by atoms with Crippen molar-refractivity contribution in [3.05, 3.63) is 58.4 Å². The third kappa shape index (κ3) is 4.67. The fourth-order valence-electron chi connectivity index (χ4n) is 4.40. The lowest BCUT2D eigenvalue weighted by atomic mass is 9.83. The smallest absolute Gasteiger partial charge is 0.319 e. The predicted molar refractivity (Wildman–Crippen MR) is 121 cm³/mol. The molecule has 2 aliphatic rings. The predicted octanol–water partition coefficient (Wildman–Crippen LogP) is 2.69. The van der Waals surface area contributed by atoms with E-state index in [2.05, 4.69) is 21.7 Å². The summed E-state index contributed by atoms with van der Waals surface area (Å²) in [6.45, 7) is 4.15. The molecule has 1 aromatic carbocycles. The average Bonchev–Trinajstić information content (AvgIpc) is 3.18. The summed E-state index contributed by atoms with van der Waals surface area (Å²) in [4.78, 5) is 31.3. The number of nitriles is 1. The zero-order chi connectivity index (χ0) is 23.4. The topological polar surface area (TPSA) is 117 Å². The van der Waals surface area contributed by atoms with Crippen LogP contribution >= 0.6 is 0 Å². The lowest BCUT2D eigenvalue weighted by Crippen LogP contribution is -2.45. The molecule has 0 aliphatic carbocycles. The number of benzene rings is 1. The van der Waals surface area contributed by atoms with Gasteiger partial charge in [0.05, 0.1) is 47.4 Å². The van der Waals surface area contributed by atoms with E-state index in [1.807, 2.05) is 18.2 Å². The fourth-order valence-corrected chi connectivity index (χ4v) is 4.40. The maximum absolute atomic E-state index is 13.2. The Morgan fingerprint density at radius 1 is 1.30 bits per heavy atom. The third-order valence-electron chi connectivity index (χ3n) is 6.26. The van der Waals surface area contributed by atoms with Gasteiger partial charge in [0, 0.05) is 32.9 Å². The summed E-state index contributed by atoms with van der Waals surface area (Å²) in [6, 6.07) is 9.15. The van der Waals surface area contributed by atoms with Gasteiger partial charge in [-0.1, -0.05) is 6.07 Å². The largest absolute Gasteiger partial charge is 0.383 e. The van der Waals surface area contributed by atoms with Crippen LogP contribution in [0, 0.1) is 18.3 Å². The van der Waals surface area contributed by atoms with Crippen molar-refractivity contribution in [2.75, 3.05) is 38.7 Å². The second-order valence-electron chi connectivity index (χ2n) is 8.29. The number of aromatic nitrogens is 1. The van der Waals surface area contributed by atoms with E-state index in [0.717, 1.165) is 11.1 Å². The zero-order valence-corrected chi connectivity index (χ0v) is 18.8. The Morgan fingerprint density at radius 2 is 2.09 bits per heavy atom. The van der Waals surface area contributed by atoms with E-state index < -0.39 is 5.60 Å². The Morgan fingerprint density at radius 3 is 2.82 bits per heavy atom. The molecule has 3 amide bonds. The minimum atomic E-state index is -0.404. The summed E-state index contributed by atoms with van der Waals surface area (Å²) >= 11 is 0. The number of pyridine rings is 1. The van der Waals surface area contributed by atoms with E-state index >= 15 is 0 Å². The SMILES string of the molecule is COCCNC(=O)Nc1cc(C(=O)N2CCC3(CC2)OCc2cc(C#N)ccc23)cnc1C. The van der Waals surface area contributed by atoms with E-state index in [1.54, 1.807) is 31.2 Å². The van der Waals surface area contributed by atoms with Crippen molar-refractivity contribution < 1.29 is 19.1 Å². The molecule has 3 heterocycles. The van der Waals surface area contributed by atoms with Crippen molar-refractivity contribution in [3.8, 4) is 6.07 Å². The molecule has 0 radical (unpaired) electrons. The van der Waals surface area contributed by atoms with Gasteiger partial charge >= 0.3 is 6.03 Å². The molecule has 1 spiro atoms. The number of methoxy groups -OCH3 is 1. The van der Waals surface area contributed by atoms with E-state index in [1.165, 1.54) is 0 Å². The third-order valence-corrected chi connectivity index (χ3v) is 6.26. The monoisotopic (exact) mass is 449 g/mol. The van der Waals surface area contributed by atoms with Gasteiger partial charge in [-0.25, -0.2) is 4.79 Å². The number of nitrogens with zero attached hydrogens (tertiary/aromatic N) is 3. The summed E-state index contributed by atoms with van der Waals surface area (Å²) in [6.07, 6.45) is 2.91. The normalized spacial score (nSPS) is 16.2. The molecule has 1 fully saturated rings. The number of ether oxygens (including phenoxy) is 2. The van der Waals surface area contributed by atoms with Gasteiger partial charge < -0.3 is 25.0 Å². The molecule has 0 bridgehead atoms. The molecule has 33 heavy (non-hydrogen) atoms. The molecule has 1 saturated heterocycles. The van der Waals surface area contributed by atoms with Crippen LogP contribution in [0.25, 0.3) is 0 Å². The van der Waals surface area contributed by atoms with Crippen LogP contribution in [0.3, 0.4) is 0 Å². The lowest BCUT2D eigenvalue weighted by molar-refractivity contribution is -0.0741. The van der Waals surface area contributed by atoms with Gasteiger partial charge in [-0.15, -0.1) is 0 Å². The highest BCUT2D eigenvalue weighted by molar-refractivity contribution is 5.97. The first-order valence-electron chi connectivity index (χ1n) is 10.9. The van der Waals surface area contributed by atoms with Crippen LogP contribution in [-0.2, 0) is 21.7 Å². The Labute approximate surface area is 192 Å². The Bertz CT molecular complexity index is 1100. The van der Waals surface area contributed by atoms with Crippen LogP contribution in [0.5, 0.6) is 0 Å². The number of carbonyl (C=O) groups is 2. The molecule has 0 atom stereocenters. The summed E-state index contributed by atoms with van der Waals surface area (Å²) < 4.78 is 11.1. The number of likely N-dealkylation sites (tertiary alicyclic amines) is 1. The lowest BCUT2D eigenvalue weighted by Gasteiger charge is -2.39. The average molecular weight is 450 g/mol. The van der Waals surface area contributed by atoms with E-state index in [0.29, 0.717) is 68.2 Å². The quantitative estimate of drug-likeness (QED) is 0.678. The minimum absolute atomic E-state index is 0.127. The number of carbonyl (C=O) groups excluding carboxylic acids is 2. The van der Waals surface area contributed by atoms with Gasteiger partial charge in [0.15, 0.2) is 0 Å². The number of fused-ring (bicyclic) bond motifs is 2. The number of rotatable bonds is 5. The number of nitrogens with one attached hydrogen (secondary N) is 2.